The number of hydrogen-bond acceptors (Lipinski definition) is 6. The number of aryl methyl sites for hydroxylation is 2. The van der Waals surface area contributed by atoms with Gasteiger partial charge in [-0.2, -0.15) is 0 Å². The van der Waals surface area contributed by atoms with Crippen LogP contribution in [0.5, 0.6) is 5.75 Å². The molecule has 3 aliphatic carbocycles. The molecule has 2 aromatic rings. The predicted octanol–water partition coefficient (Wildman–Crippen LogP) is 3.19. The molecule has 3 heterocycles. The summed E-state index contributed by atoms with van der Waals surface area (Å²) in [4.78, 5) is 15.2. The van der Waals surface area contributed by atoms with Gasteiger partial charge in [-0.25, -0.2) is 9.97 Å². The Labute approximate surface area is 202 Å². The van der Waals surface area contributed by atoms with Crippen LogP contribution in [0.25, 0.3) is 0 Å². The second kappa shape index (κ2) is 7.17. The normalized spacial score (nSPS) is 37.6. The van der Waals surface area contributed by atoms with Gasteiger partial charge >= 0.3 is 0 Å². The average molecular weight is 460 g/mol. The smallest absolute Gasteiger partial charge is 0.226 e. The first-order valence-electron chi connectivity index (χ1n) is 13.3. The highest BCUT2D eigenvalue weighted by Gasteiger charge is 2.76. The van der Waals surface area contributed by atoms with E-state index in [1.54, 1.807) is 0 Å². The minimum absolute atomic E-state index is 0.168. The molecule has 180 valence electrons. The highest BCUT2D eigenvalue weighted by atomic mass is 16.3. The van der Waals surface area contributed by atoms with Crippen LogP contribution in [-0.4, -0.2) is 65.3 Å². The summed E-state index contributed by atoms with van der Waals surface area (Å²) in [7, 11) is 2.07. The molecule has 2 saturated carbocycles. The number of nitrogens with zero attached hydrogens (tertiary/aromatic N) is 4. The van der Waals surface area contributed by atoms with Gasteiger partial charge in [0.05, 0.1) is 0 Å². The fourth-order valence-corrected chi connectivity index (χ4v) is 9.68. The number of benzene rings is 1. The van der Waals surface area contributed by atoms with Crippen molar-refractivity contribution < 1.29 is 5.11 Å². The number of hydrogen-bond donors (Lipinski definition) is 2. The Morgan fingerprint density at radius 1 is 1.15 bits per heavy atom. The zero-order chi connectivity index (χ0) is 23.2. The third-order valence-electron chi connectivity index (χ3n) is 10.5. The van der Waals surface area contributed by atoms with E-state index in [1.807, 2.05) is 6.07 Å². The highest BCUT2D eigenvalue weighted by Crippen LogP contribution is 2.75. The second-order valence-corrected chi connectivity index (χ2v) is 11.8. The molecule has 1 aromatic heterocycles. The minimum Gasteiger partial charge on any atom is -0.508 e. The summed E-state index contributed by atoms with van der Waals surface area (Å²) in [5.41, 5.74) is 5.59. The van der Waals surface area contributed by atoms with Crippen LogP contribution in [0.1, 0.15) is 48.2 Å². The van der Waals surface area contributed by atoms with Crippen LogP contribution in [0.3, 0.4) is 0 Å². The summed E-state index contributed by atoms with van der Waals surface area (Å²) in [5, 5.41) is 14.0. The molecule has 34 heavy (non-hydrogen) atoms. The molecule has 1 aromatic carbocycles. The lowest BCUT2D eigenvalue weighted by atomic mass is 9.43. The minimum atomic E-state index is 0.168. The number of anilines is 1. The van der Waals surface area contributed by atoms with Gasteiger partial charge in [-0.15, -0.1) is 0 Å². The van der Waals surface area contributed by atoms with Gasteiger partial charge in [0.2, 0.25) is 5.95 Å². The molecule has 6 atom stereocenters. The Balaban J connectivity index is 1.37. The topological polar surface area (TPSA) is 64.5 Å². The first-order valence-corrected chi connectivity index (χ1v) is 13.3. The molecule has 7 rings (SSSR count). The number of piperidine rings is 1. The third-order valence-corrected chi connectivity index (χ3v) is 10.5. The first kappa shape index (κ1) is 21.1. The molecule has 4 bridgehead atoms. The maximum Gasteiger partial charge on any atom is 0.226 e. The fraction of sp³-hybridized carbons (Fsp3) is 0.643. The summed E-state index contributed by atoms with van der Waals surface area (Å²) in [5.74, 6) is 2.68. The van der Waals surface area contributed by atoms with Gasteiger partial charge in [-0.1, -0.05) is 6.07 Å². The molecule has 0 spiro atoms. The average Bonchev–Trinajstić information content (AvgIpc) is 3.25. The van der Waals surface area contributed by atoms with Crippen LogP contribution in [-0.2, 0) is 11.8 Å². The van der Waals surface area contributed by atoms with Gasteiger partial charge < -0.3 is 15.3 Å². The summed E-state index contributed by atoms with van der Waals surface area (Å²) in [6.07, 6.45) is 6.18. The van der Waals surface area contributed by atoms with Crippen LogP contribution in [0.4, 0.5) is 5.95 Å². The monoisotopic (exact) mass is 459 g/mol. The largest absolute Gasteiger partial charge is 0.508 e. The van der Waals surface area contributed by atoms with Crippen LogP contribution in [0, 0.1) is 31.1 Å². The Morgan fingerprint density at radius 3 is 2.76 bits per heavy atom. The molecule has 4 fully saturated rings. The Morgan fingerprint density at radius 2 is 1.97 bits per heavy atom. The Kier molecular flexibility index (Phi) is 4.46. The van der Waals surface area contributed by atoms with E-state index in [4.69, 9.17) is 9.97 Å². The number of phenolic OH excluding ortho intramolecular Hbond substituents is 1. The van der Waals surface area contributed by atoms with Crippen molar-refractivity contribution in [2.75, 3.05) is 38.1 Å². The summed E-state index contributed by atoms with van der Waals surface area (Å²) in [6, 6.07) is 9.50. The lowest BCUT2D eigenvalue weighted by Gasteiger charge is -2.66. The number of aromatic nitrogens is 2. The Hall–Kier alpha value is -2.18. The molecular weight excluding hydrogens is 422 g/mol. The molecule has 0 amide bonds. The van der Waals surface area contributed by atoms with Gasteiger partial charge in [0.1, 0.15) is 5.75 Å². The quantitative estimate of drug-likeness (QED) is 0.732. The van der Waals surface area contributed by atoms with E-state index in [0.717, 1.165) is 43.4 Å². The number of likely N-dealkylation sites (tertiary alicyclic amines) is 1. The van der Waals surface area contributed by atoms with Crippen LogP contribution in [0.15, 0.2) is 24.3 Å². The van der Waals surface area contributed by atoms with Crippen molar-refractivity contribution in [2.24, 2.45) is 17.3 Å². The molecule has 5 unspecified atom stereocenters. The standard InChI is InChI=1S/C28H37N5O/c1-17-12-18(2)31-26(30-17)33-16-20-15-27-7-6-23(33)25(20)28(27)8-10-32(11-9-29-3)24(27)13-19-4-5-21(34)14-22(19)28/h4-5,12,14,20,23-25,29,34H,6-11,13,15-16H2,1-3H3/t20-,23?,24?,25?,27?,28?/m1/s1. The van der Waals surface area contributed by atoms with Gasteiger partial charge in [0.15, 0.2) is 0 Å². The third kappa shape index (κ3) is 2.54. The van der Waals surface area contributed by atoms with Gasteiger partial charge in [0, 0.05) is 48.5 Å². The maximum absolute atomic E-state index is 10.6. The van der Waals surface area contributed by atoms with Gasteiger partial charge in [-0.3, -0.25) is 4.90 Å². The van der Waals surface area contributed by atoms with E-state index in [2.05, 4.69) is 54.2 Å². The molecule has 5 aliphatic rings. The zero-order valence-corrected chi connectivity index (χ0v) is 20.7. The lowest BCUT2D eigenvalue weighted by molar-refractivity contribution is -0.0902. The van der Waals surface area contributed by atoms with Gasteiger partial charge in [-0.05, 0) is 106 Å². The molecule has 0 radical (unpaired) electrons. The van der Waals surface area contributed by atoms with Crippen molar-refractivity contribution in [3.63, 3.8) is 0 Å². The molecule has 2 N–H and O–H groups in total. The van der Waals surface area contributed by atoms with Crippen molar-refractivity contribution >= 4 is 5.95 Å². The number of likely N-dealkylation sites (N-methyl/N-ethyl adjacent to an activating group) is 1. The summed E-state index contributed by atoms with van der Waals surface area (Å²) in [6.45, 7) is 8.61. The Bertz CT molecular complexity index is 1130. The number of phenols is 1. The SMILES string of the molecule is CNCCN1CCC23c4cc(O)ccc4CC1C21CCC2C3[C@@H](CN2c2nc(C)cc(C)n2)C1. The van der Waals surface area contributed by atoms with Gasteiger partial charge in [0.25, 0.3) is 0 Å². The van der Waals surface area contributed by atoms with E-state index in [9.17, 15) is 5.11 Å². The maximum atomic E-state index is 10.6. The highest BCUT2D eigenvalue weighted by molar-refractivity contribution is 5.53. The lowest BCUT2D eigenvalue weighted by Crippen LogP contribution is -2.70. The van der Waals surface area contributed by atoms with Crippen molar-refractivity contribution in [3.8, 4) is 5.75 Å². The van der Waals surface area contributed by atoms with E-state index < -0.39 is 0 Å². The molecular formula is C28H37N5O. The van der Waals surface area contributed by atoms with Crippen molar-refractivity contribution in [1.29, 1.82) is 0 Å². The molecule has 2 aliphatic heterocycles. The zero-order valence-electron chi connectivity index (χ0n) is 20.7. The molecule has 6 heteroatoms. The van der Waals surface area contributed by atoms with Crippen LogP contribution < -0.4 is 10.2 Å². The number of fused-ring (bicyclic) bond motifs is 1. The second-order valence-electron chi connectivity index (χ2n) is 11.8. The predicted molar refractivity (Wildman–Crippen MR) is 133 cm³/mol. The van der Waals surface area contributed by atoms with E-state index >= 15 is 0 Å². The van der Waals surface area contributed by atoms with Crippen LogP contribution >= 0.6 is 0 Å². The van der Waals surface area contributed by atoms with Crippen LogP contribution in [0.2, 0.25) is 0 Å². The van der Waals surface area contributed by atoms with E-state index in [-0.39, 0.29) is 5.41 Å². The number of aromatic hydroxyl groups is 1. The van der Waals surface area contributed by atoms with Crippen molar-refractivity contribution in [3.05, 3.63) is 46.8 Å². The van der Waals surface area contributed by atoms with Crippen molar-refractivity contribution in [1.82, 2.24) is 20.2 Å². The first-order chi connectivity index (χ1) is 16.5. The van der Waals surface area contributed by atoms with Crippen molar-refractivity contribution in [2.45, 2.75) is 63.5 Å². The van der Waals surface area contributed by atoms with E-state index in [1.165, 1.54) is 43.4 Å². The van der Waals surface area contributed by atoms with E-state index in [0.29, 0.717) is 35.1 Å². The fourth-order valence-electron chi connectivity index (χ4n) is 9.68. The molecule has 2 saturated heterocycles. The molecule has 6 nitrogen and oxygen atoms in total. The summed E-state index contributed by atoms with van der Waals surface area (Å²) >= 11 is 0. The summed E-state index contributed by atoms with van der Waals surface area (Å²) < 4.78 is 0. The number of nitrogens with one attached hydrogen (secondary N) is 1. The number of rotatable bonds is 4.